The molecule has 3 aromatic carbocycles. The van der Waals surface area contributed by atoms with Crippen LogP contribution >= 0.6 is 0 Å². The smallest absolute Gasteiger partial charge is 0.127 e. The highest BCUT2D eigenvalue weighted by Gasteiger charge is 2.20. The molecule has 2 unspecified atom stereocenters. The average Bonchev–Trinajstić information content (AvgIpc) is 2.97. The largest absolute Gasteiger partial charge is 0.304 e. The van der Waals surface area contributed by atoms with E-state index >= 15 is 0 Å². The number of carbonyl (C=O) groups excluding carboxylic acids is 1. The van der Waals surface area contributed by atoms with E-state index in [1.807, 2.05) is 32.9 Å². The highest BCUT2D eigenvalue weighted by Crippen LogP contribution is 2.32. The van der Waals surface area contributed by atoms with E-state index in [4.69, 9.17) is 11.2 Å². The molecular formula is C38H52F2O. The van der Waals surface area contributed by atoms with Crippen LogP contribution in [-0.4, -0.2) is 6.29 Å². The number of benzene rings is 3. The maximum absolute atomic E-state index is 14.5. The third-order valence-electron chi connectivity index (χ3n) is 6.40. The van der Waals surface area contributed by atoms with E-state index in [0.717, 1.165) is 31.1 Å². The molecular weight excluding hydrogens is 510 g/mol. The van der Waals surface area contributed by atoms with Crippen molar-refractivity contribution in [2.24, 2.45) is 5.92 Å². The molecule has 3 rings (SSSR count). The van der Waals surface area contributed by atoms with E-state index in [0.29, 0.717) is 29.4 Å². The number of aryl methyl sites for hydroxylation is 4. The van der Waals surface area contributed by atoms with Crippen molar-refractivity contribution >= 4 is 6.29 Å². The van der Waals surface area contributed by atoms with Gasteiger partial charge in [0, 0.05) is 5.56 Å². The van der Waals surface area contributed by atoms with Crippen LogP contribution < -0.4 is 0 Å². The minimum absolute atomic E-state index is 0.197. The molecule has 3 aromatic rings. The van der Waals surface area contributed by atoms with Crippen LogP contribution in [0.3, 0.4) is 0 Å². The fraction of sp³-hybridized carbons (Fsp3) is 0.395. The van der Waals surface area contributed by atoms with Gasteiger partial charge < -0.3 is 4.79 Å². The van der Waals surface area contributed by atoms with Crippen LogP contribution in [0.15, 0.2) is 73.8 Å². The van der Waals surface area contributed by atoms with Crippen LogP contribution in [-0.2, 0) is 17.6 Å². The van der Waals surface area contributed by atoms with Crippen LogP contribution in [0.5, 0.6) is 0 Å². The first-order valence-corrected chi connectivity index (χ1v) is 14.7. The summed E-state index contributed by atoms with van der Waals surface area (Å²) in [6, 6.07) is 18.7. The molecule has 2 atom stereocenters. The van der Waals surface area contributed by atoms with E-state index in [1.54, 1.807) is 12.1 Å². The SMILES string of the molecule is C#Cc1ccc(CCC(CCc2ccc(F)cc2C)C(C)c2ccc(C)cc2)c(F)c1.C=C.CC.CC=O.CCC. The Morgan fingerprint density at radius 2 is 1.37 bits per heavy atom. The summed E-state index contributed by atoms with van der Waals surface area (Å²) in [5, 5.41) is 0. The van der Waals surface area contributed by atoms with Gasteiger partial charge in [-0.3, -0.25) is 0 Å². The Hall–Kier alpha value is -3.51. The molecule has 0 radical (unpaired) electrons. The van der Waals surface area contributed by atoms with Gasteiger partial charge >= 0.3 is 0 Å². The lowest BCUT2D eigenvalue weighted by atomic mass is 9.80. The van der Waals surface area contributed by atoms with Gasteiger partial charge in [-0.15, -0.1) is 19.6 Å². The quantitative estimate of drug-likeness (QED) is 0.152. The first-order valence-electron chi connectivity index (χ1n) is 14.7. The van der Waals surface area contributed by atoms with Gasteiger partial charge in [0.05, 0.1) is 0 Å². The average molecular weight is 563 g/mol. The third kappa shape index (κ3) is 15.8. The van der Waals surface area contributed by atoms with E-state index in [-0.39, 0.29) is 11.6 Å². The van der Waals surface area contributed by atoms with Gasteiger partial charge in [-0.25, -0.2) is 8.78 Å². The molecule has 0 aliphatic heterocycles. The standard InChI is InChI=1S/C29H30F2.C3H8.C2H4O.C2H6.C2H4/c1-5-23-8-11-27(29(31)19-23)15-14-26(22(4)25-9-6-20(2)7-10-25)13-12-24-16-17-28(30)18-21(24)3;1-3-2;1-2-3;2*1-2/h1,6-11,16-19,22,26H,12-15H2,2-4H3;3H2,1-2H3;2H,1H3;1-2H3;1-2H2. The topological polar surface area (TPSA) is 17.1 Å². The van der Waals surface area contributed by atoms with E-state index in [2.05, 4.69) is 71.0 Å². The van der Waals surface area contributed by atoms with Gasteiger partial charge in [-0.2, -0.15) is 0 Å². The number of rotatable bonds is 8. The van der Waals surface area contributed by atoms with Crippen molar-refractivity contribution in [3.05, 3.63) is 119 Å². The maximum atomic E-state index is 14.5. The lowest BCUT2D eigenvalue weighted by Crippen LogP contribution is -2.13. The van der Waals surface area contributed by atoms with E-state index in [9.17, 15) is 8.78 Å². The Balaban J connectivity index is 0. The fourth-order valence-electron chi connectivity index (χ4n) is 4.25. The molecule has 0 saturated heterocycles. The summed E-state index contributed by atoms with van der Waals surface area (Å²) in [5.74, 6) is 2.77. The zero-order chi connectivity index (χ0) is 31.8. The number of hydrogen-bond donors (Lipinski definition) is 0. The lowest BCUT2D eigenvalue weighted by molar-refractivity contribution is -0.106. The molecule has 0 aromatic heterocycles. The van der Waals surface area contributed by atoms with Gasteiger partial charge in [-0.1, -0.05) is 88.9 Å². The molecule has 0 spiro atoms. The van der Waals surface area contributed by atoms with Gasteiger partial charge in [0.2, 0.25) is 0 Å². The lowest BCUT2D eigenvalue weighted by Gasteiger charge is -2.25. The second-order valence-corrected chi connectivity index (χ2v) is 9.50. The molecule has 0 heterocycles. The predicted octanol–water partition coefficient (Wildman–Crippen LogP) is 11.0. The van der Waals surface area contributed by atoms with Crippen molar-refractivity contribution in [1.29, 1.82) is 0 Å². The highest BCUT2D eigenvalue weighted by atomic mass is 19.1. The van der Waals surface area contributed by atoms with Crippen molar-refractivity contribution in [3.8, 4) is 12.3 Å². The Labute approximate surface area is 250 Å². The number of halogens is 2. The summed E-state index contributed by atoms with van der Waals surface area (Å²) in [7, 11) is 0. The van der Waals surface area contributed by atoms with Crippen LogP contribution in [0.4, 0.5) is 8.78 Å². The number of hydrogen-bond acceptors (Lipinski definition) is 1. The zero-order valence-corrected chi connectivity index (χ0v) is 26.7. The number of carbonyl (C=O) groups is 1. The van der Waals surface area contributed by atoms with Crippen molar-refractivity contribution in [2.75, 3.05) is 0 Å². The van der Waals surface area contributed by atoms with Crippen LogP contribution in [0.1, 0.15) is 100 Å². The predicted molar refractivity (Wildman–Crippen MR) is 176 cm³/mol. The first-order chi connectivity index (χ1) is 19.7. The minimum atomic E-state index is -0.230. The van der Waals surface area contributed by atoms with Crippen molar-refractivity contribution in [2.45, 2.75) is 93.4 Å². The van der Waals surface area contributed by atoms with Crippen LogP contribution in [0.2, 0.25) is 0 Å². The molecule has 0 amide bonds. The molecule has 0 aliphatic carbocycles. The summed E-state index contributed by atoms with van der Waals surface area (Å²) < 4.78 is 27.9. The maximum Gasteiger partial charge on any atom is 0.127 e. The second kappa shape index (κ2) is 24.3. The molecule has 0 N–H and O–H groups in total. The van der Waals surface area contributed by atoms with E-state index in [1.165, 1.54) is 42.2 Å². The Bertz CT molecular complexity index is 1140. The molecule has 224 valence electrons. The molecule has 0 saturated carbocycles. The van der Waals surface area contributed by atoms with Crippen molar-refractivity contribution < 1.29 is 13.6 Å². The second-order valence-electron chi connectivity index (χ2n) is 9.50. The molecule has 0 aliphatic rings. The van der Waals surface area contributed by atoms with Gasteiger partial charge in [0.15, 0.2) is 0 Å². The zero-order valence-electron chi connectivity index (χ0n) is 26.7. The minimum Gasteiger partial charge on any atom is -0.304 e. The van der Waals surface area contributed by atoms with Gasteiger partial charge in [-0.05, 0) is 105 Å². The first kappa shape index (κ1) is 39.6. The summed E-state index contributed by atoms with van der Waals surface area (Å²) in [6.07, 6.45) is 10.8. The summed E-state index contributed by atoms with van der Waals surface area (Å²) in [4.78, 5) is 8.81. The summed E-state index contributed by atoms with van der Waals surface area (Å²) in [6.45, 7) is 22.0. The Morgan fingerprint density at radius 1 is 0.878 bits per heavy atom. The van der Waals surface area contributed by atoms with Crippen LogP contribution in [0, 0.1) is 43.7 Å². The monoisotopic (exact) mass is 562 g/mol. The van der Waals surface area contributed by atoms with E-state index < -0.39 is 0 Å². The normalized spacial score (nSPS) is 10.8. The number of terminal acetylenes is 1. The summed E-state index contributed by atoms with van der Waals surface area (Å²) in [5.41, 5.74) is 5.97. The third-order valence-corrected chi connectivity index (χ3v) is 6.40. The van der Waals surface area contributed by atoms with Crippen molar-refractivity contribution in [1.82, 2.24) is 0 Å². The molecule has 1 nitrogen and oxygen atoms in total. The van der Waals surface area contributed by atoms with Gasteiger partial charge in [0.1, 0.15) is 17.9 Å². The highest BCUT2D eigenvalue weighted by molar-refractivity contribution is 5.44. The van der Waals surface area contributed by atoms with Crippen LogP contribution in [0.25, 0.3) is 0 Å². The fourth-order valence-corrected chi connectivity index (χ4v) is 4.25. The van der Waals surface area contributed by atoms with Gasteiger partial charge in [0.25, 0.3) is 0 Å². The molecule has 41 heavy (non-hydrogen) atoms. The Morgan fingerprint density at radius 3 is 1.83 bits per heavy atom. The van der Waals surface area contributed by atoms with Crippen molar-refractivity contribution in [3.63, 3.8) is 0 Å². The molecule has 0 bridgehead atoms. The molecule has 0 fully saturated rings. The summed E-state index contributed by atoms with van der Waals surface area (Å²) >= 11 is 0. The molecule has 3 heteroatoms. The number of aldehydes is 1. The Kier molecular flexibility index (Phi) is 23.5.